The first-order chi connectivity index (χ1) is 5.59. The third-order valence-electron chi connectivity index (χ3n) is 1.26. The van der Waals surface area contributed by atoms with E-state index in [0.29, 0.717) is 18.2 Å². The summed E-state index contributed by atoms with van der Waals surface area (Å²) in [4.78, 5) is 3.52. The van der Waals surface area contributed by atoms with Gasteiger partial charge in [0.1, 0.15) is 0 Å². The third-order valence-corrected chi connectivity index (χ3v) is 1.26. The number of rotatable bonds is 3. The molecule has 0 fully saturated rings. The highest BCUT2D eigenvalue weighted by molar-refractivity contribution is 4.87. The van der Waals surface area contributed by atoms with Gasteiger partial charge in [-0.15, -0.1) is 0 Å². The molecule has 0 aliphatic carbocycles. The van der Waals surface area contributed by atoms with E-state index in [1.807, 2.05) is 13.8 Å². The molecule has 0 unspecified atom stereocenters. The quantitative estimate of drug-likeness (QED) is 0.708. The summed E-state index contributed by atoms with van der Waals surface area (Å²) >= 11 is 0. The van der Waals surface area contributed by atoms with Crippen LogP contribution in [0.2, 0.25) is 0 Å². The lowest BCUT2D eigenvalue weighted by atomic mass is 10.1. The van der Waals surface area contributed by atoms with Crippen LogP contribution in [0, 0.1) is 5.92 Å². The molecule has 0 saturated heterocycles. The van der Waals surface area contributed by atoms with E-state index in [-0.39, 0.29) is 0 Å². The van der Waals surface area contributed by atoms with Gasteiger partial charge >= 0.3 is 6.43 Å². The standard InChI is InChI=1S/C7H10F2N2O/c1-4(2)3-5-10-7(6(8)9)12-11-5/h4,6H,3H2,1-2H3. The van der Waals surface area contributed by atoms with E-state index in [1.54, 1.807) is 0 Å². The first-order valence-corrected chi connectivity index (χ1v) is 3.70. The monoisotopic (exact) mass is 176 g/mol. The molecule has 1 rings (SSSR count). The van der Waals surface area contributed by atoms with Crippen LogP contribution in [0.5, 0.6) is 0 Å². The molecule has 0 aliphatic rings. The Morgan fingerprint density at radius 3 is 2.50 bits per heavy atom. The second-order valence-electron chi connectivity index (χ2n) is 2.95. The summed E-state index contributed by atoms with van der Waals surface area (Å²) in [7, 11) is 0. The van der Waals surface area contributed by atoms with E-state index in [4.69, 9.17) is 0 Å². The van der Waals surface area contributed by atoms with Crippen LogP contribution in [-0.2, 0) is 6.42 Å². The lowest BCUT2D eigenvalue weighted by Crippen LogP contribution is -1.96. The van der Waals surface area contributed by atoms with E-state index >= 15 is 0 Å². The van der Waals surface area contributed by atoms with Crippen LogP contribution in [-0.4, -0.2) is 10.1 Å². The van der Waals surface area contributed by atoms with Crippen LogP contribution in [0.3, 0.4) is 0 Å². The van der Waals surface area contributed by atoms with Gasteiger partial charge in [-0.25, -0.2) is 0 Å². The topological polar surface area (TPSA) is 38.9 Å². The first-order valence-electron chi connectivity index (χ1n) is 3.70. The maximum Gasteiger partial charge on any atom is 0.315 e. The van der Waals surface area contributed by atoms with E-state index in [2.05, 4.69) is 14.7 Å². The average Bonchev–Trinajstić information content (AvgIpc) is 2.34. The Balaban J connectivity index is 2.64. The molecule has 0 N–H and O–H groups in total. The predicted octanol–water partition coefficient (Wildman–Crippen LogP) is 2.21. The minimum absolute atomic E-state index is 0.341. The SMILES string of the molecule is CC(C)Cc1noc(C(F)F)n1. The van der Waals surface area contributed by atoms with Crippen molar-refractivity contribution in [3.8, 4) is 0 Å². The third kappa shape index (κ3) is 2.25. The maximum absolute atomic E-state index is 11.9. The Morgan fingerprint density at radius 2 is 2.08 bits per heavy atom. The Morgan fingerprint density at radius 1 is 1.42 bits per heavy atom. The van der Waals surface area contributed by atoms with Crippen molar-refractivity contribution in [1.82, 2.24) is 10.1 Å². The molecule has 1 heterocycles. The summed E-state index contributed by atoms with van der Waals surface area (Å²) in [5, 5.41) is 3.41. The molecule has 1 aromatic heterocycles. The fourth-order valence-corrected chi connectivity index (χ4v) is 0.804. The van der Waals surface area contributed by atoms with Gasteiger partial charge in [-0.1, -0.05) is 19.0 Å². The minimum Gasteiger partial charge on any atom is -0.333 e. The molecule has 0 spiro atoms. The Labute approximate surface area is 68.8 Å². The molecule has 0 amide bonds. The highest BCUT2D eigenvalue weighted by Gasteiger charge is 2.16. The van der Waals surface area contributed by atoms with Gasteiger partial charge in [-0.3, -0.25) is 0 Å². The van der Waals surface area contributed by atoms with Crippen LogP contribution in [0.4, 0.5) is 8.78 Å². The Bertz CT molecular complexity index is 247. The van der Waals surface area contributed by atoms with E-state index in [1.165, 1.54) is 0 Å². The lowest BCUT2D eigenvalue weighted by molar-refractivity contribution is 0.106. The summed E-state index contributed by atoms with van der Waals surface area (Å²) in [6.07, 6.45) is -2.10. The molecule has 12 heavy (non-hydrogen) atoms. The lowest BCUT2D eigenvalue weighted by Gasteiger charge is -1.95. The average molecular weight is 176 g/mol. The van der Waals surface area contributed by atoms with Crippen molar-refractivity contribution < 1.29 is 13.3 Å². The van der Waals surface area contributed by atoms with Crippen LogP contribution < -0.4 is 0 Å². The number of alkyl halides is 2. The highest BCUT2D eigenvalue weighted by Crippen LogP contribution is 2.16. The van der Waals surface area contributed by atoms with Crippen molar-refractivity contribution in [2.45, 2.75) is 26.7 Å². The second-order valence-corrected chi connectivity index (χ2v) is 2.95. The Kier molecular flexibility index (Phi) is 2.73. The predicted molar refractivity (Wildman–Crippen MR) is 37.8 cm³/mol. The smallest absolute Gasteiger partial charge is 0.315 e. The zero-order valence-corrected chi connectivity index (χ0v) is 6.92. The van der Waals surface area contributed by atoms with Crippen molar-refractivity contribution in [3.05, 3.63) is 11.7 Å². The second kappa shape index (κ2) is 3.60. The fourth-order valence-electron chi connectivity index (χ4n) is 0.804. The van der Waals surface area contributed by atoms with Crippen molar-refractivity contribution in [2.75, 3.05) is 0 Å². The van der Waals surface area contributed by atoms with Crippen molar-refractivity contribution in [2.24, 2.45) is 5.92 Å². The summed E-state index contributed by atoms with van der Waals surface area (Å²) < 4.78 is 28.2. The Hall–Kier alpha value is -1.00. The number of aromatic nitrogens is 2. The zero-order valence-electron chi connectivity index (χ0n) is 6.92. The molecule has 0 aromatic carbocycles. The molecule has 5 heteroatoms. The molecule has 68 valence electrons. The number of hydrogen-bond donors (Lipinski definition) is 0. The van der Waals surface area contributed by atoms with Crippen LogP contribution in [0.25, 0.3) is 0 Å². The maximum atomic E-state index is 11.9. The van der Waals surface area contributed by atoms with Gasteiger partial charge < -0.3 is 4.52 Å². The number of halogens is 2. The van der Waals surface area contributed by atoms with Crippen molar-refractivity contribution >= 4 is 0 Å². The molecular weight excluding hydrogens is 166 g/mol. The molecule has 0 aliphatic heterocycles. The van der Waals surface area contributed by atoms with E-state index < -0.39 is 12.3 Å². The van der Waals surface area contributed by atoms with Crippen molar-refractivity contribution in [1.29, 1.82) is 0 Å². The van der Waals surface area contributed by atoms with Crippen LogP contribution in [0.1, 0.15) is 32.0 Å². The van der Waals surface area contributed by atoms with Gasteiger partial charge in [0.15, 0.2) is 5.82 Å². The zero-order chi connectivity index (χ0) is 9.14. The molecule has 0 radical (unpaired) electrons. The summed E-state index contributed by atoms with van der Waals surface area (Å²) in [6.45, 7) is 3.91. The number of nitrogens with zero attached hydrogens (tertiary/aromatic N) is 2. The van der Waals surface area contributed by atoms with Gasteiger partial charge in [0.05, 0.1) is 0 Å². The molecular formula is C7H10F2N2O. The molecule has 1 aromatic rings. The van der Waals surface area contributed by atoms with Gasteiger partial charge in [0.2, 0.25) is 0 Å². The first kappa shape index (κ1) is 9.09. The molecule has 0 saturated carbocycles. The van der Waals surface area contributed by atoms with Gasteiger partial charge in [0.25, 0.3) is 5.89 Å². The molecule has 0 bridgehead atoms. The molecule has 3 nitrogen and oxygen atoms in total. The highest BCUT2D eigenvalue weighted by atomic mass is 19.3. The summed E-state index contributed by atoms with van der Waals surface area (Å²) in [5.41, 5.74) is 0. The van der Waals surface area contributed by atoms with Gasteiger partial charge in [0, 0.05) is 6.42 Å². The summed E-state index contributed by atoms with van der Waals surface area (Å²) in [6, 6.07) is 0. The van der Waals surface area contributed by atoms with Crippen LogP contribution >= 0.6 is 0 Å². The van der Waals surface area contributed by atoms with E-state index in [0.717, 1.165) is 0 Å². The minimum atomic E-state index is -2.67. The normalized spacial score (nSPS) is 11.5. The van der Waals surface area contributed by atoms with Crippen LogP contribution in [0.15, 0.2) is 4.52 Å². The van der Waals surface area contributed by atoms with Gasteiger partial charge in [-0.05, 0) is 5.92 Å². The van der Waals surface area contributed by atoms with E-state index in [9.17, 15) is 8.78 Å². The fraction of sp³-hybridized carbons (Fsp3) is 0.714. The molecule has 0 atom stereocenters. The number of hydrogen-bond acceptors (Lipinski definition) is 3. The van der Waals surface area contributed by atoms with Gasteiger partial charge in [-0.2, -0.15) is 13.8 Å². The largest absolute Gasteiger partial charge is 0.333 e. The van der Waals surface area contributed by atoms with Crippen molar-refractivity contribution in [3.63, 3.8) is 0 Å². The summed E-state index contributed by atoms with van der Waals surface area (Å²) in [5.74, 6) is 0.0964.